The molecule has 0 bridgehead atoms. The molecule has 0 fully saturated rings. The van der Waals surface area contributed by atoms with E-state index >= 15 is 0 Å². The molecule has 0 aliphatic heterocycles. The highest BCUT2D eigenvalue weighted by Crippen LogP contribution is 2.36. The number of nitrogens with two attached hydrogens (primary N) is 1. The van der Waals surface area contributed by atoms with Crippen LogP contribution in [0.3, 0.4) is 0 Å². The number of halogens is 1. The van der Waals surface area contributed by atoms with Crippen LogP contribution in [0.4, 0.5) is 11.4 Å². The lowest BCUT2D eigenvalue weighted by Gasteiger charge is -2.08. The Balaban J connectivity index is 2.48. The molecule has 0 aliphatic carbocycles. The summed E-state index contributed by atoms with van der Waals surface area (Å²) in [4.78, 5) is 14.4. The van der Waals surface area contributed by atoms with Crippen LogP contribution in [0.5, 0.6) is 11.6 Å². The molecule has 0 atom stereocenters. The lowest BCUT2D eigenvalue weighted by Crippen LogP contribution is -1.98. The van der Waals surface area contributed by atoms with Crippen LogP contribution in [0.1, 0.15) is 5.56 Å². The van der Waals surface area contributed by atoms with Gasteiger partial charge in [-0.2, -0.15) is 5.26 Å². The molecule has 1 aromatic carbocycles. The van der Waals surface area contributed by atoms with E-state index in [1.165, 1.54) is 18.3 Å². The van der Waals surface area contributed by atoms with Crippen molar-refractivity contribution in [2.45, 2.75) is 0 Å². The first-order valence-electron chi connectivity index (χ1n) is 5.28. The van der Waals surface area contributed by atoms with Crippen LogP contribution in [0.2, 0.25) is 0 Å². The van der Waals surface area contributed by atoms with Crippen molar-refractivity contribution in [1.29, 1.82) is 5.26 Å². The first-order chi connectivity index (χ1) is 9.51. The van der Waals surface area contributed by atoms with Gasteiger partial charge in [0.05, 0.1) is 32.0 Å². The van der Waals surface area contributed by atoms with E-state index < -0.39 is 4.92 Å². The second-order valence-electron chi connectivity index (χ2n) is 3.71. The van der Waals surface area contributed by atoms with Crippen molar-refractivity contribution >= 4 is 34.0 Å². The number of hydrogen-bond donors (Lipinski definition) is 1. The fraction of sp³-hybridized carbons (Fsp3) is 0. The van der Waals surface area contributed by atoms with Gasteiger partial charge in [-0.25, -0.2) is 4.98 Å². The Labute approximate surface area is 127 Å². The topological polar surface area (TPSA) is 115 Å². The summed E-state index contributed by atoms with van der Waals surface area (Å²) < 4.78 is 5.88. The summed E-state index contributed by atoms with van der Waals surface area (Å²) in [6.45, 7) is 0. The second kappa shape index (κ2) is 5.70. The number of nitro groups is 1. The van der Waals surface area contributed by atoms with Gasteiger partial charge in [0.15, 0.2) is 0 Å². The smallest absolute Gasteiger partial charge is 0.314 e. The zero-order valence-electron chi connectivity index (χ0n) is 9.91. The molecular formula is C12H7IN4O3. The van der Waals surface area contributed by atoms with Gasteiger partial charge in [0.1, 0.15) is 0 Å². The average molecular weight is 382 g/mol. The summed E-state index contributed by atoms with van der Waals surface area (Å²) in [6.07, 6.45) is 1.39. The highest BCUT2D eigenvalue weighted by Gasteiger charge is 2.21. The minimum Gasteiger partial charge on any atom is -0.431 e. The molecule has 0 amide bonds. The van der Waals surface area contributed by atoms with Crippen molar-refractivity contribution in [2.75, 3.05) is 5.73 Å². The number of hydrogen-bond acceptors (Lipinski definition) is 6. The van der Waals surface area contributed by atoms with Crippen LogP contribution in [0.15, 0.2) is 30.5 Å². The van der Waals surface area contributed by atoms with E-state index in [0.29, 0.717) is 9.26 Å². The zero-order chi connectivity index (χ0) is 14.7. The van der Waals surface area contributed by atoms with Crippen LogP contribution in [0.25, 0.3) is 0 Å². The number of nitriles is 1. The molecule has 2 rings (SSSR count). The van der Waals surface area contributed by atoms with Gasteiger partial charge < -0.3 is 10.5 Å². The monoisotopic (exact) mass is 382 g/mol. The third-order valence-corrected chi connectivity index (χ3v) is 3.12. The highest BCUT2D eigenvalue weighted by atomic mass is 127. The summed E-state index contributed by atoms with van der Waals surface area (Å²) in [5.41, 5.74) is 5.87. The van der Waals surface area contributed by atoms with Gasteiger partial charge in [0.25, 0.3) is 0 Å². The molecule has 8 heteroatoms. The van der Waals surface area contributed by atoms with Crippen molar-refractivity contribution in [2.24, 2.45) is 0 Å². The number of anilines is 1. The van der Waals surface area contributed by atoms with E-state index in [1.54, 1.807) is 6.07 Å². The molecule has 0 spiro atoms. The molecule has 20 heavy (non-hydrogen) atoms. The number of ether oxygens (including phenoxy) is 1. The standard InChI is InChI=1S/C12H7IN4O3/c13-9-3-7(5-14)4-10(17(18)19)12(9)20-11-2-1-8(15)6-16-11/h1-4,6H,15H2. The first kappa shape index (κ1) is 14.0. The maximum absolute atomic E-state index is 11.1. The number of nitrogens with zero attached hydrogens (tertiary/aromatic N) is 3. The number of pyridine rings is 1. The van der Waals surface area contributed by atoms with Crippen LogP contribution < -0.4 is 10.5 Å². The van der Waals surface area contributed by atoms with Gasteiger partial charge in [-0.15, -0.1) is 0 Å². The van der Waals surface area contributed by atoms with Crippen molar-refractivity contribution < 1.29 is 9.66 Å². The van der Waals surface area contributed by atoms with Crippen molar-refractivity contribution in [3.05, 3.63) is 49.7 Å². The van der Waals surface area contributed by atoms with Crippen molar-refractivity contribution in [3.63, 3.8) is 0 Å². The van der Waals surface area contributed by atoms with Crippen LogP contribution in [-0.4, -0.2) is 9.91 Å². The van der Waals surface area contributed by atoms with E-state index in [4.69, 9.17) is 15.7 Å². The molecule has 0 radical (unpaired) electrons. The second-order valence-corrected chi connectivity index (χ2v) is 4.87. The Bertz CT molecular complexity index is 710. The van der Waals surface area contributed by atoms with Crippen LogP contribution in [0, 0.1) is 25.0 Å². The van der Waals surface area contributed by atoms with Gasteiger partial charge >= 0.3 is 5.69 Å². The molecule has 7 nitrogen and oxygen atoms in total. The molecular weight excluding hydrogens is 375 g/mol. The van der Waals surface area contributed by atoms with Gasteiger partial charge in [-0.05, 0) is 34.7 Å². The molecule has 0 aliphatic rings. The molecule has 2 N–H and O–H groups in total. The predicted molar refractivity (Wildman–Crippen MR) is 79.3 cm³/mol. The minimum absolute atomic E-state index is 0.0480. The van der Waals surface area contributed by atoms with E-state index in [0.717, 1.165) is 6.07 Å². The third-order valence-electron chi connectivity index (χ3n) is 2.32. The summed E-state index contributed by atoms with van der Waals surface area (Å²) in [7, 11) is 0. The SMILES string of the molecule is N#Cc1cc(I)c(Oc2ccc(N)cn2)c([N+](=O)[O-])c1. The third kappa shape index (κ3) is 2.94. The van der Waals surface area contributed by atoms with Crippen LogP contribution >= 0.6 is 22.6 Å². The molecule has 0 unspecified atom stereocenters. The average Bonchev–Trinajstić information content (AvgIpc) is 2.42. The van der Waals surface area contributed by atoms with Gasteiger partial charge in [0.2, 0.25) is 11.6 Å². The minimum atomic E-state index is -0.602. The van der Waals surface area contributed by atoms with Crippen molar-refractivity contribution in [3.8, 4) is 17.7 Å². The number of nitrogen functional groups attached to an aromatic ring is 1. The summed E-state index contributed by atoms with van der Waals surface area (Å²) in [6, 6.07) is 7.61. The zero-order valence-corrected chi connectivity index (χ0v) is 12.1. The normalized spacial score (nSPS) is 9.80. The lowest BCUT2D eigenvalue weighted by molar-refractivity contribution is -0.385. The van der Waals surface area contributed by atoms with E-state index in [2.05, 4.69) is 4.98 Å². The Morgan fingerprint density at radius 3 is 2.75 bits per heavy atom. The molecule has 2 aromatic rings. The summed E-state index contributed by atoms with van der Waals surface area (Å²) >= 11 is 1.87. The maximum Gasteiger partial charge on any atom is 0.314 e. The lowest BCUT2D eigenvalue weighted by atomic mass is 10.2. The Morgan fingerprint density at radius 1 is 1.45 bits per heavy atom. The summed E-state index contributed by atoms with van der Waals surface area (Å²) in [5, 5.41) is 19.9. The van der Waals surface area contributed by atoms with Crippen molar-refractivity contribution in [1.82, 2.24) is 4.98 Å². The highest BCUT2D eigenvalue weighted by molar-refractivity contribution is 14.1. The number of aromatic nitrogens is 1. The van der Waals surface area contributed by atoms with E-state index in [1.807, 2.05) is 28.7 Å². The first-order valence-corrected chi connectivity index (χ1v) is 6.36. The largest absolute Gasteiger partial charge is 0.431 e. The quantitative estimate of drug-likeness (QED) is 0.496. The van der Waals surface area contributed by atoms with Gasteiger partial charge in [-0.1, -0.05) is 0 Å². The summed E-state index contributed by atoms with van der Waals surface area (Å²) in [5.74, 6) is 0.233. The number of nitro benzene ring substituents is 1. The fourth-order valence-electron chi connectivity index (χ4n) is 1.44. The molecule has 1 aromatic heterocycles. The van der Waals surface area contributed by atoms with Gasteiger partial charge in [0, 0.05) is 12.1 Å². The number of rotatable bonds is 3. The Hall–Kier alpha value is -2.41. The predicted octanol–water partition coefficient (Wildman–Crippen LogP) is 2.84. The maximum atomic E-state index is 11.1. The molecule has 1 heterocycles. The fourth-order valence-corrected chi connectivity index (χ4v) is 2.16. The molecule has 100 valence electrons. The Kier molecular flexibility index (Phi) is 3.99. The van der Waals surface area contributed by atoms with Gasteiger partial charge in [-0.3, -0.25) is 10.1 Å². The van der Waals surface area contributed by atoms with Crippen LogP contribution in [-0.2, 0) is 0 Å². The Morgan fingerprint density at radius 2 is 2.20 bits per heavy atom. The molecule has 0 saturated carbocycles. The van der Waals surface area contributed by atoms with E-state index in [9.17, 15) is 10.1 Å². The van der Waals surface area contributed by atoms with E-state index in [-0.39, 0.29) is 22.9 Å². The number of benzene rings is 1. The molecule has 0 saturated heterocycles.